The standard InChI is InChI=1S/C18H16BrClF5NO3/c1-29-14(27)13-6-9(17(21,22)11-3-2-10(19)7-12(11)20)8-26(13)15(28)16(4-5-16)18(23,24)25/h2-3,7,9,13H,4-6,8H2,1H3/t9?,13-/m0/s1. The molecule has 29 heavy (non-hydrogen) atoms. The number of amides is 1. The van der Waals surface area contributed by atoms with Crippen molar-refractivity contribution in [3.05, 3.63) is 33.3 Å². The molecule has 11 heteroatoms. The highest BCUT2D eigenvalue weighted by Gasteiger charge is 2.71. The van der Waals surface area contributed by atoms with Gasteiger partial charge in [-0.1, -0.05) is 33.6 Å². The van der Waals surface area contributed by atoms with Crippen LogP contribution < -0.4 is 0 Å². The van der Waals surface area contributed by atoms with Gasteiger partial charge in [-0.2, -0.15) is 13.2 Å². The lowest BCUT2D eigenvalue weighted by Gasteiger charge is -2.29. The van der Waals surface area contributed by atoms with Crippen LogP contribution in [0.3, 0.4) is 0 Å². The molecule has 1 saturated heterocycles. The lowest BCUT2D eigenvalue weighted by Crippen LogP contribution is -2.49. The summed E-state index contributed by atoms with van der Waals surface area (Å²) in [7, 11) is 0.985. The van der Waals surface area contributed by atoms with Crippen LogP contribution in [0.15, 0.2) is 22.7 Å². The minimum absolute atomic E-state index is 0.238. The summed E-state index contributed by atoms with van der Waals surface area (Å²) >= 11 is 9.04. The van der Waals surface area contributed by atoms with Crippen molar-refractivity contribution in [1.82, 2.24) is 4.90 Å². The van der Waals surface area contributed by atoms with E-state index in [2.05, 4.69) is 20.7 Å². The second kappa shape index (κ2) is 7.37. The number of halogens is 7. The Morgan fingerprint density at radius 3 is 2.34 bits per heavy atom. The van der Waals surface area contributed by atoms with Crippen LogP contribution in [0.2, 0.25) is 5.02 Å². The molecule has 1 aromatic rings. The number of benzene rings is 1. The second-order valence-electron chi connectivity index (χ2n) is 7.26. The molecule has 1 aromatic carbocycles. The van der Waals surface area contributed by atoms with Crippen LogP contribution in [0.5, 0.6) is 0 Å². The third-order valence-electron chi connectivity index (χ3n) is 5.54. The van der Waals surface area contributed by atoms with Gasteiger partial charge in [-0.15, -0.1) is 0 Å². The van der Waals surface area contributed by atoms with E-state index in [-0.39, 0.29) is 5.02 Å². The van der Waals surface area contributed by atoms with Crippen LogP contribution in [0.4, 0.5) is 22.0 Å². The quantitative estimate of drug-likeness (QED) is 0.432. The fourth-order valence-electron chi connectivity index (χ4n) is 3.68. The molecule has 0 N–H and O–H groups in total. The van der Waals surface area contributed by atoms with Gasteiger partial charge in [0.2, 0.25) is 5.91 Å². The van der Waals surface area contributed by atoms with Gasteiger partial charge in [-0.3, -0.25) is 4.79 Å². The zero-order chi connectivity index (χ0) is 21.8. The van der Waals surface area contributed by atoms with Crippen LogP contribution >= 0.6 is 27.5 Å². The number of methoxy groups -OCH3 is 1. The molecule has 1 unspecified atom stereocenters. The Hall–Kier alpha value is -1.42. The molecule has 0 aromatic heterocycles. The average molecular weight is 505 g/mol. The van der Waals surface area contributed by atoms with E-state index in [1.54, 1.807) is 0 Å². The van der Waals surface area contributed by atoms with Crippen molar-refractivity contribution < 1.29 is 36.3 Å². The van der Waals surface area contributed by atoms with Gasteiger partial charge in [-0.05, 0) is 31.4 Å². The lowest BCUT2D eigenvalue weighted by molar-refractivity contribution is -0.200. The molecule has 4 nitrogen and oxygen atoms in total. The van der Waals surface area contributed by atoms with E-state index in [0.29, 0.717) is 9.37 Å². The van der Waals surface area contributed by atoms with Crippen LogP contribution in [0.1, 0.15) is 24.8 Å². The van der Waals surface area contributed by atoms with Gasteiger partial charge in [0.15, 0.2) is 0 Å². The van der Waals surface area contributed by atoms with E-state index in [1.807, 2.05) is 0 Å². The van der Waals surface area contributed by atoms with Crippen molar-refractivity contribution in [3.8, 4) is 0 Å². The number of rotatable bonds is 4. The average Bonchev–Trinajstić information content (AvgIpc) is 3.32. The lowest BCUT2D eigenvalue weighted by atomic mass is 9.92. The minimum Gasteiger partial charge on any atom is -0.467 e. The highest BCUT2D eigenvalue weighted by atomic mass is 79.9. The Labute approximate surface area is 176 Å². The fraction of sp³-hybridized carbons (Fsp3) is 0.556. The number of esters is 1. The van der Waals surface area contributed by atoms with Gasteiger partial charge in [0.25, 0.3) is 5.92 Å². The van der Waals surface area contributed by atoms with Crippen molar-refractivity contribution >= 4 is 39.4 Å². The van der Waals surface area contributed by atoms with Gasteiger partial charge < -0.3 is 9.64 Å². The second-order valence-corrected chi connectivity index (χ2v) is 8.58. The Balaban J connectivity index is 1.93. The Kier molecular flexibility index (Phi) is 5.66. The van der Waals surface area contributed by atoms with E-state index in [0.717, 1.165) is 13.2 Å². The molecule has 1 aliphatic heterocycles. The van der Waals surface area contributed by atoms with Gasteiger partial charge in [0, 0.05) is 22.5 Å². The van der Waals surface area contributed by atoms with E-state index < -0.39 is 72.7 Å². The predicted molar refractivity (Wildman–Crippen MR) is 96.4 cm³/mol. The number of nitrogens with zero attached hydrogens (tertiary/aromatic N) is 1. The first kappa shape index (κ1) is 22.3. The number of alkyl halides is 5. The SMILES string of the molecule is COC(=O)[C@@H]1CC(C(F)(F)c2ccc(Br)cc2Cl)CN1C(=O)C1(C(F)(F)F)CC1. The van der Waals surface area contributed by atoms with Crippen LogP contribution in [0, 0.1) is 11.3 Å². The molecular formula is C18H16BrClF5NO3. The zero-order valence-corrected chi connectivity index (χ0v) is 17.4. The number of carbonyl (C=O) groups is 2. The Morgan fingerprint density at radius 2 is 1.86 bits per heavy atom. The molecule has 3 rings (SSSR count). The topological polar surface area (TPSA) is 46.6 Å². The maximum absolute atomic E-state index is 15.2. The summed E-state index contributed by atoms with van der Waals surface area (Å²) in [5.74, 6) is -7.57. The third kappa shape index (κ3) is 3.73. The molecule has 1 amide bonds. The first-order chi connectivity index (χ1) is 13.3. The maximum atomic E-state index is 15.2. The molecule has 160 valence electrons. The van der Waals surface area contributed by atoms with E-state index in [9.17, 15) is 22.8 Å². The van der Waals surface area contributed by atoms with Crippen LogP contribution in [0.25, 0.3) is 0 Å². The number of likely N-dealkylation sites (tertiary alicyclic amines) is 1. The monoisotopic (exact) mass is 503 g/mol. The fourth-order valence-corrected chi connectivity index (χ4v) is 4.48. The Bertz CT molecular complexity index is 843. The van der Waals surface area contributed by atoms with Gasteiger partial charge in [-0.25, -0.2) is 13.6 Å². The summed E-state index contributed by atoms with van der Waals surface area (Å²) in [6, 6.07) is 2.21. The van der Waals surface area contributed by atoms with Crippen LogP contribution in [-0.4, -0.2) is 42.6 Å². The van der Waals surface area contributed by atoms with Gasteiger partial charge in [0.1, 0.15) is 11.5 Å². The summed E-state index contributed by atoms with van der Waals surface area (Å²) in [6.07, 6.45) is -6.22. The molecule has 1 aliphatic carbocycles. The number of ether oxygens (including phenoxy) is 1. The summed E-state index contributed by atoms with van der Waals surface area (Å²) in [4.78, 5) is 25.3. The van der Waals surface area contributed by atoms with Crippen molar-refractivity contribution in [3.63, 3.8) is 0 Å². The molecule has 1 saturated carbocycles. The van der Waals surface area contributed by atoms with E-state index >= 15 is 8.78 Å². The maximum Gasteiger partial charge on any atom is 0.403 e. The molecule has 0 radical (unpaired) electrons. The van der Waals surface area contributed by atoms with E-state index in [1.165, 1.54) is 12.1 Å². The van der Waals surface area contributed by atoms with Crippen molar-refractivity contribution in [2.75, 3.05) is 13.7 Å². The van der Waals surface area contributed by atoms with Gasteiger partial charge in [0.05, 0.1) is 12.1 Å². The van der Waals surface area contributed by atoms with Crippen molar-refractivity contribution in [1.29, 1.82) is 0 Å². The summed E-state index contributed by atoms with van der Waals surface area (Å²) in [5.41, 5.74) is -3.14. The first-order valence-corrected chi connectivity index (χ1v) is 9.81. The van der Waals surface area contributed by atoms with Crippen molar-refractivity contribution in [2.45, 2.75) is 37.4 Å². The van der Waals surface area contributed by atoms with Crippen molar-refractivity contribution in [2.24, 2.45) is 11.3 Å². The molecule has 2 atom stereocenters. The summed E-state index contributed by atoms with van der Waals surface area (Å²) in [6.45, 7) is -0.712. The smallest absolute Gasteiger partial charge is 0.403 e. The highest BCUT2D eigenvalue weighted by molar-refractivity contribution is 9.10. The molecule has 2 fully saturated rings. The van der Waals surface area contributed by atoms with Crippen LogP contribution in [-0.2, 0) is 20.2 Å². The number of hydrogen-bond acceptors (Lipinski definition) is 3. The molecule has 0 bridgehead atoms. The van der Waals surface area contributed by atoms with E-state index in [4.69, 9.17) is 11.6 Å². The highest BCUT2D eigenvalue weighted by Crippen LogP contribution is 2.59. The zero-order valence-electron chi connectivity index (χ0n) is 15.0. The number of hydrogen-bond donors (Lipinski definition) is 0. The first-order valence-electron chi connectivity index (χ1n) is 8.64. The largest absolute Gasteiger partial charge is 0.467 e. The minimum atomic E-state index is -4.82. The third-order valence-corrected chi connectivity index (χ3v) is 6.35. The predicted octanol–water partition coefficient (Wildman–Crippen LogP) is 4.93. The molecule has 2 aliphatic rings. The summed E-state index contributed by atoms with van der Waals surface area (Å²) in [5, 5.41) is -0.238. The molecule has 0 spiro atoms. The number of carbonyl (C=O) groups excluding carboxylic acids is 2. The molecule has 1 heterocycles. The van der Waals surface area contributed by atoms with Gasteiger partial charge >= 0.3 is 12.1 Å². The Morgan fingerprint density at radius 1 is 1.24 bits per heavy atom. The molecular weight excluding hydrogens is 489 g/mol. The normalized spacial score (nSPS) is 23.8. The summed E-state index contributed by atoms with van der Waals surface area (Å²) < 4.78 is 75.4.